The van der Waals surface area contributed by atoms with Crippen molar-refractivity contribution >= 4 is 23.2 Å². The first-order chi connectivity index (χ1) is 10.4. The molecule has 0 saturated carbocycles. The molecule has 0 spiro atoms. The standard InChI is InChI=1S/C14H16N4O3S/c1-8(2)18(7-10(19)20)14(21)11-9(3)17-13(22-11)12-15-5-4-6-16-12/h4-6,8H,7H2,1-3H3,(H,19,20). The molecular formula is C14H16N4O3S. The lowest BCUT2D eigenvalue weighted by molar-refractivity contribution is -0.138. The Kier molecular flexibility index (Phi) is 4.81. The number of carboxylic acid groups (broad SMARTS) is 1. The number of aromatic nitrogens is 3. The molecule has 2 aromatic heterocycles. The van der Waals surface area contributed by atoms with E-state index in [9.17, 15) is 9.59 Å². The van der Waals surface area contributed by atoms with Crippen LogP contribution in [0.3, 0.4) is 0 Å². The van der Waals surface area contributed by atoms with Gasteiger partial charge in [0.25, 0.3) is 5.91 Å². The van der Waals surface area contributed by atoms with Crippen LogP contribution in [-0.2, 0) is 4.79 Å². The Balaban J connectivity index is 2.34. The van der Waals surface area contributed by atoms with E-state index in [0.717, 1.165) is 0 Å². The molecule has 1 amide bonds. The smallest absolute Gasteiger partial charge is 0.323 e. The van der Waals surface area contributed by atoms with E-state index in [0.29, 0.717) is 21.4 Å². The molecule has 1 N–H and O–H groups in total. The number of hydrogen-bond acceptors (Lipinski definition) is 6. The summed E-state index contributed by atoms with van der Waals surface area (Å²) in [5.74, 6) is -0.936. The Morgan fingerprint density at radius 1 is 1.32 bits per heavy atom. The Bertz CT molecular complexity index is 685. The Hall–Kier alpha value is -2.35. The molecule has 2 rings (SSSR count). The van der Waals surface area contributed by atoms with Gasteiger partial charge in [0, 0.05) is 18.4 Å². The largest absolute Gasteiger partial charge is 0.480 e. The van der Waals surface area contributed by atoms with Crippen LogP contribution in [0, 0.1) is 6.92 Å². The van der Waals surface area contributed by atoms with Crippen LogP contribution in [0.15, 0.2) is 18.5 Å². The van der Waals surface area contributed by atoms with Crippen molar-refractivity contribution in [2.45, 2.75) is 26.8 Å². The van der Waals surface area contributed by atoms with Crippen LogP contribution in [0.5, 0.6) is 0 Å². The normalized spacial score (nSPS) is 10.7. The molecule has 22 heavy (non-hydrogen) atoms. The number of carboxylic acids is 1. The van der Waals surface area contributed by atoms with Gasteiger partial charge < -0.3 is 10.0 Å². The first-order valence-corrected chi connectivity index (χ1v) is 7.49. The van der Waals surface area contributed by atoms with Gasteiger partial charge in [0.2, 0.25) is 0 Å². The van der Waals surface area contributed by atoms with Crippen molar-refractivity contribution in [3.63, 3.8) is 0 Å². The van der Waals surface area contributed by atoms with Crippen LogP contribution in [0.25, 0.3) is 10.8 Å². The van der Waals surface area contributed by atoms with E-state index in [1.54, 1.807) is 39.2 Å². The van der Waals surface area contributed by atoms with Crippen LogP contribution < -0.4 is 0 Å². The highest BCUT2D eigenvalue weighted by atomic mass is 32.1. The van der Waals surface area contributed by atoms with Gasteiger partial charge in [-0.05, 0) is 26.8 Å². The molecule has 0 atom stereocenters. The van der Waals surface area contributed by atoms with Crippen molar-refractivity contribution in [1.29, 1.82) is 0 Å². The van der Waals surface area contributed by atoms with Gasteiger partial charge in [-0.15, -0.1) is 11.3 Å². The lowest BCUT2D eigenvalue weighted by Crippen LogP contribution is -2.40. The molecule has 0 bridgehead atoms. The fourth-order valence-corrected chi connectivity index (χ4v) is 2.84. The Labute approximate surface area is 131 Å². The number of rotatable bonds is 5. The van der Waals surface area contributed by atoms with E-state index < -0.39 is 5.97 Å². The molecule has 0 saturated heterocycles. The van der Waals surface area contributed by atoms with Gasteiger partial charge in [0.15, 0.2) is 10.8 Å². The number of nitrogens with zero attached hydrogens (tertiary/aromatic N) is 4. The zero-order valence-corrected chi connectivity index (χ0v) is 13.3. The maximum Gasteiger partial charge on any atom is 0.323 e. The molecule has 8 heteroatoms. The summed E-state index contributed by atoms with van der Waals surface area (Å²) in [5.41, 5.74) is 0.550. The Morgan fingerprint density at radius 2 is 1.95 bits per heavy atom. The van der Waals surface area contributed by atoms with Crippen LogP contribution in [0.4, 0.5) is 0 Å². The van der Waals surface area contributed by atoms with Crippen LogP contribution in [0.2, 0.25) is 0 Å². The zero-order chi connectivity index (χ0) is 16.3. The fraction of sp³-hybridized carbons (Fsp3) is 0.357. The van der Waals surface area contributed by atoms with Gasteiger partial charge in [0.1, 0.15) is 11.4 Å². The van der Waals surface area contributed by atoms with Crippen molar-refractivity contribution in [2.75, 3.05) is 6.54 Å². The summed E-state index contributed by atoms with van der Waals surface area (Å²) in [6.45, 7) is 4.93. The van der Waals surface area contributed by atoms with E-state index >= 15 is 0 Å². The number of amides is 1. The van der Waals surface area contributed by atoms with Crippen molar-refractivity contribution in [1.82, 2.24) is 19.9 Å². The highest BCUT2D eigenvalue weighted by Crippen LogP contribution is 2.26. The van der Waals surface area contributed by atoms with Crippen LogP contribution >= 0.6 is 11.3 Å². The number of hydrogen-bond donors (Lipinski definition) is 1. The lowest BCUT2D eigenvalue weighted by Gasteiger charge is -2.24. The van der Waals surface area contributed by atoms with Crippen molar-refractivity contribution in [2.24, 2.45) is 0 Å². The number of aliphatic carboxylic acids is 1. The fourth-order valence-electron chi connectivity index (χ4n) is 1.87. The molecule has 0 aromatic carbocycles. The minimum Gasteiger partial charge on any atom is -0.480 e. The average molecular weight is 320 g/mol. The molecule has 0 aliphatic heterocycles. The van der Waals surface area contributed by atoms with Crippen molar-refractivity contribution < 1.29 is 14.7 Å². The summed E-state index contributed by atoms with van der Waals surface area (Å²) in [6, 6.07) is 1.48. The highest BCUT2D eigenvalue weighted by Gasteiger charge is 2.26. The van der Waals surface area contributed by atoms with Gasteiger partial charge >= 0.3 is 5.97 Å². The highest BCUT2D eigenvalue weighted by molar-refractivity contribution is 7.17. The van der Waals surface area contributed by atoms with Gasteiger partial charge in [0.05, 0.1) is 5.69 Å². The summed E-state index contributed by atoms with van der Waals surface area (Å²) in [6.07, 6.45) is 3.21. The molecule has 0 aliphatic carbocycles. The topological polar surface area (TPSA) is 96.3 Å². The number of thiazole rings is 1. The zero-order valence-electron chi connectivity index (χ0n) is 12.5. The molecule has 0 radical (unpaired) electrons. The second kappa shape index (κ2) is 6.61. The molecule has 0 unspecified atom stereocenters. The predicted octanol–water partition coefficient (Wildman–Crippen LogP) is 1.84. The third kappa shape index (κ3) is 3.45. The van der Waals surface area contributed by atoms with Crippen molar-refractivity contribution in [3.8, 4) is 10.8 Å². The second-order valence-electron chi connectivity index (χ2n) is 4.93. The number of carbonyl (C=O) groups is 2. The third-order valence-corrected chi connectivity index (χ3v) is 4.08. The number of carbonyl (C=O) groups excluding carboxylic acids is 1. The van der Waals surface area contributed by atoms with Gasteiger partial charge in [-0.1, -0.05) is 0 Å². The molecule has 116 valence electrons. The minimum atomic E-state index is -1.05. The monoisotopic (exact) mass is 320 g/mol. The van der Waals surface area contributed by atoms with E-state index in [-0.39, 0.29) is 18.5 Å². The molecule has 2 aromatic rings. The summed E-state index contributed by atoms with van der Waals surface area (Å²) < 4.78 is 0. The van der Waals surface area contributed by atoms with E-state index in [4.69, 9.17) is 5.11 Å². The molecule has 0 fully saturated rings. The van der Waals surface area contributed by atoms with E-state index in [1.807, 2.05) is 0 Å². The van der Waals surface area contributed by atoms with Crippen LogP contribution in [0.1, 0.15) is 29.2 Å². The molecular weight excluding hydrogens is 304 g/mol. The number of aryl methyl sites for hydroxylation is 1. The van der Waals surface area contributed by atoms with Gasteiger partial charge in [-0.2, -0.15) is 0 Å². The third-order valence-electron chi connectivity index (χ3n) is 2.94. The molecule has 7 nitrogen and oxygen atoms in total. The molecule has 2 heterocycles. The quantitative estimate of drug-likeness (QED) is 0.903. The SMILES string of the molecule is Cc1nc(-c2ncccn2)sc1C(=O)N(CC(=O)O)C(C)C. The lowest BCUT2D eigenvalue weighted by atomic mass is 10.2. The Morgan fingerprint density at radius 3 is 2.50 bits per heavy atom. The van der Waals surface area contributed by atoms with E-state index in [1.165, 1.54) is 16.2 Å². The van der Waals surface area contributed by atoms with Gasteiger partial charge in [-0.3, -0.25) is 9.59 Å². The average Bonchev–Trinajstić information content (AvgIpc) is 2.86. The maximum atomic E-state index is 12.6. The summed E-state index contributed by atoms with van der Waals surface area (Å²) >= 11 is 1.17. The molecule has 0 aliphatic rings. The second-order valence-corrected chi connectivity index (χ2v) is 5.93. The maximum absolute atomic E-state index is 12.6. The summed E-state index contributed by atoms with van der Waals surface area (Å²) in [4.78, 5) is 37.8. The van der Waals surface area contributed by atoms with E-state index in [2.05, 4.69) is 15.0 Å². The first-order valence-electron chi connectivity index (χ1n) is 6.67. The van der Waals surface area contributed by atoms with Crippen LogP contribution in [-0.4, -0.2) is 49.4 Å². The van der Waals surface area contributed by atoms with Gasteiger partial charge in [-0.25, -0.2) is 15.0 Å². The van der Waals surface area contributed by atoms with Crippen molar-refractivity contribution in [3.05, 3.63) is 29.0 Å². The summed E-state index contributed by atoms with van der Waals surface area (Å²) in [7, 11) is 0. The summed E-state index contributed by atoms with van der Waals surface area (Å²) in [5, 5.41) is 9.50. The first kappa shape index (κ1) is 16.0. The predicted molar refractivity (Wildman–Crippen MR) is 81.7 cm³/mol. The minimum absolute atomic E-state index is 0.221.